The Balaban J connectivity index is 1.60. The number of benzene rings is 2. The largest absolute Gasteiger partial charge is 0.378 e. The molecule has 4 nitrogen and oxygen atoms in total. The highest BCUT2D eigenvalue weighted by atomic mass is 35.5. The van der Waals surface area contributed by atoms with Crippen molar-refractivity contribution in [2.45, 2.75) is 13.0 Å². The zero-order chi connectivity index (χ0) is 18.5. The van der Waals surface area contributed by atoms with E-state index >= 15 is 0 Å². The van der Waals surface area contributed by atoms with Crippen LogP contribution in [0.1, 0.15) is 11.1 Å². The van der Waals surface area contributed by atoms with Crippen molar-refractivity contribution in [2.75, 3.05) is 38.3 Å². The van der Waals surface area contributed by atoms with E-state index in [9.17, 15) is 4.79 Å². The Kier molecular flexibility index (Phi) is 6.41. The van der Waals surface area contributed by atoms with Crippen LogP contribution in [0.5, 0.6) is 0 Å². The number of ether oxygens (including phenoxy) is 1. The van der Waals surface area contributed by atoms with Crippen molar-refractivity contribution in [3.8, 4) is 0 Å². The number of carbonyl (C=O) groups excluding carboxylic acids is 1. The van der Waals surface area contributed by atoms with Gasteiger partial charge in [-0.3, -0.25) is 4.79 Å². The summed E-state index contributed by atoms with van der Waals surface area (Å²) >= 11 is 12.3. The van der Waals surface area contributed by atoms with Gasteiger partial charge in [0.15, 0.2) is 0 Å². The summed E-state index contributed by atoms with van der Waals surface area (Å²) in [6, 6.07) is 13.6. The molecule has 0 saturated carbocycles. The first-order valence-electron chi connectivity index (χ1n) is 8.63. The lowest BCUT2D eigenvalue weighted by Crippen LogP contribution is -2.36. The van der Waals surface area contributed by atoms with Crippen LogP contribution < -0.4 is 4.90 Å². The van der Waals surface area contributed by atoms with Crippen molar-refractivity contribution in [3.63, 3.8) is 0 Å². The summed E-state index contributed by atoms with van der Waals surface area (Å²) in [6.45, 7) is 3.91. The number of carbonyl (C=O) groups is 1. The van der Waals surface area contributed by atoms with Crippen LogP contribution in [-0.2, 0) is 22.5 Å². The first kappa shape index (κ1) is 19.0. The third kappa shape index (κ3) is 4.70. The molecule has 1 aliphatic rings. The van der Waals surface area contributed by atoms with Gasteiger partial charge in [0.2, 0.25) is 5.91 Å². The number of morpholine rings is 1. The maximum absolute atomic E-state index is 12.5. The van der Waals surface area contributed by atoms with E-state index in [1.807, 2.05) is 0 Å². The zero-order valence-electron chi connectivity index (χ0n) is 14.8. The molecule has 0 unspecified atom stereocenters. The molecule has 0 N–H and O–H groups in total. The van der Waals surface area contributed by atoms with Crippen molar-refractivity contribution < 1.29 is 9.53 Å². The van der Waals surface area contributed by atoms with Crippen LogP contribution >= 0.6 is 23.2 Å². The summed E-state index contributed by atoms with van der Waals surface area (Å²) in [5.41, 5.74) is 2.95. The molecule has 0 radical (unpaired) electrons. The Labute approximate surface area is 164 Å². The van der Waals surface area contributed by atoms with Gasteiger partial charge in [-0.25, -0.2) is 0 Å². The van der Waals surface area contributed by atoms with Crippen molar-refractivity contribution in [1.29, 1.82) is 0 Å². The van der Waals surface area contributed by atoms with Gasteiger partial charge in [-0.2, -0.15) is 0 Å². The van der Waals surface area contributed by atoms with Crippen LogP contribution in [-0.4, -0.2) is 44.2 Å². The summed E-state index contributed by atoms with van der Waals surface area (Å²) in [5.74, 6) is -0.0164. The average molecular weight is 393 g/mol. The molecule has 2 aromatic carbocycles. The average Bonchev–Trinajstić information content (AvgIpc) is 2.66. The molecule has 1 saturated heterocycles. The molecular formula is C20H22Cl2N2O2. The maximum atomic E-state index is 12.5. The number of hydrogen-bond acceptors (Lipinski definition) is 3. The summed E-state index contributed by atoms with van der Waals surface area (Å²) in [4.78, 5) is 16.5. The fraction of sp³-hybridized carbons (Fsp3) is 0.350. The minimum absolute atomic E-state index is 0.0164. The van der Waals surface area contributed by atoms with Crippen LogP contribution in [0.25, 0.3) is 0 Å². The minimum atomic E-state index is -0.0164. The van der Waals surface area contributed by atoms with Crippen LogP contribution in [0, 0.1) is 0 Å². The summed E-state index contributed by atoms with van der Waals surface area (Å²) < 4.78 is 5.38. The Morgan fingerprint density at radius 1 is 1.08 bits per heavy atom. The second-order valence-corrected chi connectivity index (χ2v) is 7.21. The molecule has 0 aromatic heterocycles. The van der Waals surface area contributed by atoms with Gasteiger partial charge in [-0.1, -0.05) is 41.4 Å². The predicted molar refractivity (Wildman–Crippen MR) is 106 cm³/mol. The predicted octanol–water partition coefficient (Wildman–Crippen LogP) is 4.03. The topological polar surface area (TPSA) is 32.8 Å². The normalized spacial score (nSPS) is 14.3. The van der Waals surface area contributed by atoms with Crippen molar-refractivity contribution >= 4 is 34.8 Å². The number of hydrogen-bond donors (Lipinski definition) is 0. The van der Waals surface area contributed by atoms with Gasteiger partial charge in [-0.05, 0) is 35.4 Å². The monoisotopic (exact) mass is 392 g/mol. The van der Waals surface area contributed by atoms with Crippen LogP contribution in [0.15, 0.2) is 42.5 Å². The number of rotatable bonds is 5. The molecule has 0 aliphatic carbocycles. The lowest BCUT2D eigenvalue weighted by atomic mass is 10.1. The Morgan fingerprint density at radius 2 is 1.69 bits per heavy atom. The third-order valence-electron chi connectivity index (χ3n) is 4.55. The number of halogens is 2. The molecule has 2 aromatic rings. The first-order valence-corrected chi connectivity index (χ1v) is 9.38. The molecule has 0 atom stereocenters. The van der Waals surface area contributed by atoms with Crippen LogP contribution in [0.3, 0.4) is 0 Å². The van der Waals surface area contributed by atoms with Gasteiger partial charge in [0.05, 0.1) is 19.6 Å². The van der Waals surface area contributed by atoms with E-state index in [0.29, 0.717) is 22.2 Å². The van der Waals surface area contributed by atoms with Gasteiger partial charge >= 0.3 is 0 Å². The molecular weight excluding hydrogens is 371 g/mol. The fourth-order valence-corrected chi connectivity index (χ4v) is 3.51. The highest BCUT2D eigenvalue weighted by molar-refractivity contribution is 6.36. The number of nitrogens with zero attached hydrogens (tertiary/aromatic N) is 2. The van der Waals surface area contributed by atoms with E-state index in [1.165, 1.54) is 5.69 Å². The van der Waals surface area contributed by atoms with Gasteiger partial charge < -0.3 is 14.5 Å². The highest BCUT2D eigenvalue weighted by Gasteiger charge is 2.15. The summed E-state index contributed by atoms with van der Waals surface area (Å²) in [7, 11) is 1.79. The van der Waals surface area contributed by atoms with E-state index in [1.54, 1.807) is 30.1 Å². The molecule has 1 fully saturated rings. The summed E-state index contributed by atoms with van der Waals surface area (Å²) in [6.07, 6.45) is 0.195. The van der Waals surface area contributed by atoms with Crippen LogP contribution in [0.4, 0.5) is 5.69 Å². The third-order valence-corrected chi connectivity index (χ3v) is 5.26. The van der Waals surface area contributed by atoms with Gasteiger partial charge in [0.25, 0.3) is 0 Å². The van der Waals surface area contributed by atoms with E-state index < -0.39 is 0 Å². The van der Waals surface area contributed by atoms with E-state index in [0.717, 1.165) is 31.9 Å². The van der Waals surface area contributed by atoms with Gasteiger partial charge in [0, 0.05) is 42.4 Å². The SMILES string of the molecule is CN(Cc1ccc(N2CCOCC2)cc1)C(=O)Cc1c(Cl)cccc1Cl. The van der Waals surface area contributed by atoms with E-state index in [-0.39, 0.29) is 12.3 Å². The Hall–Kier alpha value is -1.75. The minimum Gasteiger partial charge on any atom is -0.378 e. The maximum Gasteiger partial charge on any atom is 0.227 e. The number of likely N-dealkylation sites (N-methyl/N-ethyl adjacent to an activating group) is 1. The zero-order valence-corrected chi connectivity index (χ0v) is 16.3. The van der Waals surface area contributed by atoms with Crippen molar-refractivity contribution in [3.05, 3.63) is 63.6 Å². The van der Waals surface area contributed by atoms with Gasteiger partial charge in [0.1, 0.15) is 0 Å². The van der Waals surface area contributed by atoms with Crippen molar-refractivity contribution in [2.24, 2.45) is 0 Å². The standard InChI is InChI=1S/C20H22Cl2N2O2/c1-23(20(25)13-17-18(21)3-2-4-19(17)22)14-15-5-7-16(8-6-15)24-9-11-26-12-10-24/h2-8H,9-14H2,1H3. The van der Waals surface area contributed by atoms with E-state index in [2.05, 4.69) is 29.2 Å². The lowest BCUT2D eigenvalue weighted by Gasteiger charge is -2.29. The summed E-state index contributed by atoms with van der Waals surface area (Å²) in [5, 5.41) is 1.04. The molecule has 1 heterocycles. The fourth-order valence-electron chi connectivity index (χ4n) is 2.98. The molecule has 138 valence electrons. The Bertz CT molecular complexity index is 739. The van der Waals surface area contributed by atoms with Gasteiger partial charge in [-0.15, -0.1) is 0 Å². The quantitative estimate of drug-likeness (QED) is 0.769. The Morgan fingerprint density at radius 3 is 2.31 bits per heavy atom. The second-order valence-electron chi connectivity index (χ2n) is 6.39. The molecule has 0 bridgehead atoms. The molecule has 1 aliphatic heterocycles. The first-order chi connectivity index (χ1) is 12.5. The molecule has 26 heavy (non-hydrogen) atoms. The smallest absolute Gasteiger partial charge is 0.227 e. The lowest BCUT2D eigenvalue weighted by molar-refractivity contribution is -0.129. The highest BCUT2D eigenvalue weighted by Crippen LogP contribution is 2.25. The van der Waals surface area contributed by atoms with E-state index in [4.69, 9.17) is 27.9 Å². The van der Waals surface area contributed by atoms with Crippen LogP contribution in [0.2, 0.25) is 10.0 Å². The number of anilines is 1. The second kappa shape index (κ2) is 8.76. The molecule has 1 amide bonds. The molecule has 0 spiro atoms. The number of amides is 1. The van der Waals surface area contributed by atoms with Crippen molar-refractivity contribution in [1.82, 2.24) is 4.90 Å². The molecule has 6 heteroatoms. The molecule has 3 rings (SSSR count).